The van der Waals surface area contributed by atoms with Gasteiger partial charge in [-0.25, -0.2) is 5.43 Å². The number of carbonyl (C=O) groups excluding carboxylic acids is 2. The van der Waals surface area contributed by atoms with Gasteiger partial charge in [-0.15, -0.1) is 0 Å². The summed E-state index contributed by atoms with van der Waals surface area (Å²) in [6, 6.07) is 13.1. The van der Waals surface area contributed by atoms with Gasteiger partial charge < -0.3 is 24.7 Å². The molecule has 2 atom stereocenters. The maximum absolute atomic E-state index is 13.0. The molecule has 2 aliphatic heterocycles. The van der Waals surface area contributed by atoms with E-state index in [9.17, 15) is 9.59 Å². The fourth-order valence-electron chi connectivity index (χ4n) is 3.85. The molecule has 2 unspecified atom stereocenters. The van der Waals surface area contributed by atoms with Crippen molar-refractivity contribution in [1.29, 1.82) is 0 Å². The first-order chi connectivity index (χ1) is 15.0. The minimum absolute atomic E-state index is 0.0553. The Morgan fingerprint density at radius 1 is 1.10 bits per heavy atom. The van der Waals surface area contributed by atoms with E-state index in [1.165, 1.54) is 17.6 Å². The van der Waals surface area contributed by atoms with E-state index in [0.717, 1.165) is 5.56 Å². The zero-order valence-electron chi connectivity index (χ0n) is 17.8. The summed E-state index contributed by atoms with van der Waals surface area (Å²) in [7, 11) is 3.08. The Kier molecular flexibility index (Phi) is 5.81. The molecule has 0 radical (unpaired) electrons. The van der Waals surface area contributed by atoms with E-state index in [1.807, 2.05) is 18.1 Å². The van der Waals surface area contributed by atoms with Gasteiger partial charge in [0.2, 0.25) is 5.91 Å². The van der Waals surface area contributed by atoms with E-state index in [0.29, 0.717) is 23.6 Å². The van der Waals surface area contributed by atoms with Crippen molar-refractivity contribution < 1.29 is 19.1 Å². The third-order valence-electron chi connectivity index (χ3n) is 5.54. The van der Waals surface area contributed by atoms with Crippen LogP contribution in [0.5, 0.6) is 11.5 Å². The summed E-state index contributed by atoms with van der Waals surface area (Å²) in [6.45, 7) is 1.98. The minimum atomic E-state index is -0.342. The SMILES string of the molecule is COc1ccc(NC(=O)CN2C=CN3NC(c4ccc(C)cc4)CC3C2=O)cc1OC. The van der Waals surface area contributed by atoms with Crippen LogP contribution in [0, 0.1) is 6.92 Å². The summed E-state index contributed by atoms with van der Waals surface area (Å²) in [5.41, 5.74) is 6.27. The smallest absolute Gasteiger partial charge is 0.251 e. The summed E-state index contributed by atoms with van der Waals surface area (Å²) in [6.07, 6.45) is 4.08. The molecule has 2 aromatic carbocycles. The van der Waals surface area contributed by atoms with Gasteiger partial charge in [0.15, 0.2) is 11.5 Å². The van der Waals surface area contributed by atoms with Gasteiger partial charge in [0.25, 0.3) is 5.91 Å². The van der Waals surface area contributed by atoms with Crippen LogP contribution in [0.15, 0.2) is 54.9 Å². The molecule has 8 heteroatoms. The topological polar surface area (TPSA) is 83.1 Å². The van der Waals surface area contributed by atoms with Crippen molar-refractivity contribution in [2.45, 2.75) is 25.4 Å². The van der Waals surface area contributed by atoms with Crippen LogP contribution in [0.2, 0.25) is 0 Å². The van der Waals surface area contributed by atoms with Crippen LogP contribution in [-0.4, -0.2) is 48.5 Å². The van der Waals surface area contributed by atoms with Crippen molar-refractivity contribution >= 4 is 17.5 Å². The average Bonchev–Trinajstić information content (AvgIpc) is 3.21. The molecule has 0 saturated carbocycles. The zero-order valence-corrected chi connectivity index (χ0v) is 17.8. The van der Waals surface area contributed by atoms with Gasteiger partial charge in [-0.2, -0.15) is 0 Å². The van der Waals surface area contributed by atoms with Crippen molar-refractivity contribution in [3.05, 3.63) is 66.0 Å². The Balaban J connectivity index is 1.38. The number of nitrogens with zero attached hydrogens (tertiary/aromatic N) is 2. The van der Waals surface area contributed by atoms with Crippen LogP contribution in [0.4, 0.5) is 5.69 Å². The Bertz CT molecular complexity index is 1010. The number of hydrogen-bond acceptors (Lipinski definition) is 6. The quantitative estimate of drug-likeness (QED) is 0.745. The molecule has 4 rings (SSSR count). The van der Waals surface area contributed by atoms with Crippen LogP contribution in [-0.2, 0) is 9.59 Å². The van der Waals surface area contributed by atoms with Crippen LogP contribution >= 0.6 is 0 Å². The summed E-state index contributed by atoms with van der Waals surface area (Å²) in [4.78, 5) is 27.0. The normalized spacial score (nSPS) is 19.9. The van der Waals surface area contributed by atoms with Gasteiger partial charge in [0, 0.05) is 24.2 Å². The van der Waals surface area contributed by atoms with E-state index in [-0.39, 0.29) is 30.4 Å². The maximum atomic E-state index is 13.0. The van der Waals surface area contributed by atoms with Crippen molar-refractivity contribution in [1.82, 2.24) is 15.3 Å². The molecule has 0 aliphatic carbocycles. The molecular weight excluding hydrogens is 396 g/mol. The number of aryl methyl sites for hydroxylation is 1. The van der Waals surface area contributed by atoms with Crippen LogP contribution in [0.25, 0.3) is 0 Å². The second-order valence-corrected chi connectivity index (χ2v) is 7.63. The van der Waals surface area contributed by atoms with E-state index in [2.05, 4.69) is 35.0 Å². The van der Waals surface area contributed by atoms with Crippen LogP contribution in [0.1, 0.15) is 23.6 Å². The Labute approximate surface area is 181 Å². The number of hydrogen-bond donors (Lipinski definition) is 2. The molecule has 0 bridgehead atoms. The molecule has 0 spiro atoms. The van der Waals surface area contributed by atoms with Crippen molar-refractivity contribution in [3.8, 4) is 11.5 Å². The summed E-state index contributed by atoms with van der Waals surface area (Å²) < 4.78 is 10.5. The van der Waals surface area contributed by atoms with Crippen molar-refractivity contribution in [2.24, 2.45) is 0 Å². The highest BCUT2D eigenvalue weighted by molar-refractivity contribution is 5.96. The number of ether oxygens (including phenoxy) is 2. The first-order valence-electron chi connectivity index (χ1n) is 10.1. The molecule has 162 valence electrons. The monoisotopic (exact) mass is 422 g/mol. The van der Waals surface area contributed by atoms with E-state index in [1.54, 1.807) is 31.5 Å². The highest BCUT2D eigenvalue weighted by Crippen LogP contribution is 2.31. The van der Waals surface area contributed by atoms with E-state index in [4.69, 9.17) is 9.47 Å². The molecule has 2 N–H and O–H groups in total. The predicted molar refractivity (Wildman–Crippen MR) is 116 cm³/mol. The van der Waals surface area contributed by atoms with Gasteiger partial charge in [-0.1, -0.05) is 29.8 Å². The summed E-state index contributed by atoms with van der Waals surface area (Å²) in [5.74, 6) is 0.697. The lowest BCUT2D eigenvalue weighted by molar-refractivity contribution is -0.137. The lowest BCUT2D eigenvalue weighted by Gasteiger charge is -2.31. The number of carbonyl (C=O) groups is 2. The highest BCUT2D eigenvalue weighted by Gasteiger charge is 2.40. The number of anilines is 1. The van der Waals surface area contributed by atoms with Gasteiger partial charge in [-0.05, 0) is 31.0 Å². The lowest BCUT2D eigenvalue weighted by atomic mass is 10.00. The molecule has 2 aliphatic rings. The lowest BCUT2D eigenvalue weighted by Crippen LogP contribution is -2.49. The highest BCUT2D eigenvalue weighted by atomic mass is 16.5. The second-order valence-electron chi connectivity index (χ2n) is 7.63. The molecule has 2 aromatic rings. The van der Waals surface area contributed by atoms with E-state index >= 15 is 0 Å². The Morgan fingerprint density at radius 2 is 1.84 bits per heavy atom. The number of hydrazine groups is 1. The average molecular weight is 422 g/mol. The fraction of sp³-hybridized carbons (Fsp3) is 0.304. The maximum Gasteiger partial charge on any atom is 0.251 e. The summed E-state index contributed by atoms with van der Waals surface area (Å²) >= 11 is 0. The second kappa shape index (κ2) is 8.69. The number of methoxy groups -OCH3 is 2. The Morgan fingerprint density at radius 3 is 2.55 bits per heavy atom. The third kappa shape index (κ3) is 4.34. The molecule has 1 fully saturated rings. The first kappa shape index (κ1) is 20.7. The standard InChI is InChI=1S/C23H26N4O4/c1-15-4-6-16(7-5-15)18-13-19-23(29)26(10-11-27(19)25-18)14-22(28)24-17-8-9-20(30-2)21(12-17)31-3/h4-12,18-19,25H,13-14H2,1-3H3,(H,24,28). The molecule has 0 aromatic heterocycles. The molecule has 2 heterocycles. The predicted octanol–water partition coefficient (Wildman–Crippen LogP) is 2.58. The first-order valence-corrected chi connectivity index (χ1v) is 10.1. The molecule has 8 nitrogen and oxygen atoms in total. The third-order valence-corrected chi connectivity index (χ3v) is 5.54. The number of amides is 2. The fourth-order valence-corrected chi connectivity index (χ4v) is 3.85. The van der Waals surface area contributed by atoms with Gasteiger partial charge >= 0.3 is 0 Å². The Hall–Kier alpha value is -3.52. The number of fused-ring (bicyclic) bond motifs is 1. The van der Waals surface area contributed by atoms with Crippen molar-refractivity contribution in [2.75, 3.05) is 26.1 Å². The van der Waals surface area contributed by atoms with Gasteiger partial charge in [0.1, 0.15) is 12.6 Å². The number of rotatable bonds is 6. The largest absolute Gasteiger partial charge is 0.493 e. The molecule has 1 saturated heterocycles. The number of benzene rings is 2. The number of nitrogens with one attached hydrogen (secondary N) is 2. The summed E-state index contributed by atoms with van der Waals surface area (Å²) in [5, 5.41) is 4.63. The zero-order chi connectivity index (χ0) is 22.0. The van der Waals surface area contributed by atoms with Crippen molar-refractivity contribution in [3.63, 3.8) is 0 Å². The van der Waals surface area contributed by atoms with E-state index < -0.39 is 0 Å². The van der Waals surface area contributed by atoms with Gasteiger partial charge in [-0.3, -0.25) is 9.59 Å². The molecule has 2 amide bonds. The van der Waals surface area contributed by atoms with Crippen LogP contribution < -0.4 is 20.2 Å². The molecule has 31 heavy (non-hydrogen) atoms. The molecular formula is C23H26N4O4. The van der Waals surface area contributed by atoms with Gasteiger partial charge in [0.05, 0.1) is 20.3 Å². The minimum Gasteiger partial charge on any atom is -0.493 e. The van der Waals surface area contributed by atoms with Crippen LogP contribution in [0.3, 0.4) is 0 Å².